The first kappa shape index (κ1) is 22.9. The highest BCUT2D eigenvalue weighted by Gasteiger charge is 2.27. The first-order valence-electron chi connectivity index (χ1n) is 7.66. The summed E-state index contributed by atoms with van der Waals surface area (Å²) in [4.78, 5) is 24.8. The van der Waals surface area contributed by atoms with E-state index in [0.717, 1.165) is 4.90 Å². The van der Waals surface area contributed by atoms with Crippen molar-refractivity contribution in [1.29, 1.82) is 0 Å². The van der Waals surface area contributed by atoms with E-state index >= 15 is 0 Å². The van der Waals surface area contributed by atoms with Gasteiger partial charge in [-0.15, -0.1) is 0 Å². The van der Waals surface area contributed by atoms with Gasteiger partial charge in [-0.2, -0.15) is 0 Å². The molecule has 0 aliphatic carbocycles. The molecule has 0 saturated heterocycles. The Morgan fingerprint density at radius 2 is 1.62 bits per heavy atom. The number of nitrogens with one attached hydrogen (secondary N) is 1. The molecule has 0 aliphatic heterocycles. The van der Waals surface area contributed by atoms with Crippen LogP contribution in [0.25, 0.3) is 0 Å². The van der Waals surface area contributed by atoms with Crippen molar-refractivity contribution in [2.24, 2.45) is 0 Å². The highest BCUT2D eigenvalue weighted by Crippen LogP contribution is 2.45. The molecule has 8 nitrogen and oxygen atoms in total. The molecule has 0 bridgehead atoms. The lowest BCUT2D eigenvalue weighted by molar-refractivity contribution is -0.121. The fourth-order valence-corrected chi connectivity index (χ4v) is 2.67. The summed E-state index contributed by atoms with van der Waals surface area (Å²) in [6.07, 6.45) is -0.876. The van der Waals surface area contributed by atoms with E-state index in [1.54, 1.807) is 20.8 Å². The molecule has 0 saturated carbocycles. The van der Waals surface area contributed by atoms with Gasteiger partial charge in [0.1, 0.15) is 18.5 Å². The number of hydrogen-bond donors (Lipinski definition) is 1. The molecule has 0 aromatic carbocycles. The molecule has 0 aromatic heterocycles. The molecule has 0 aromatic rings. The van der Waals surface area contributed by atoms with Crippen LogP contribution in [0.4, 0.5) is 4.79 Å². The van der Waals surface area contributed by atoms with Crippen LogP contribution in [0.1, 0.15) is 41.5 Å². The summed E-state index contributed by atoms with van der Waals surface area (Å²) in [5.41, 5.74) is -1.10. The first-order valence-corrected chi connectivity index (χ1v) is 9.65. The fourth-order valence-electron chi connectivity index (χ4n) is 1.34. The molecule has 0 aliphatic rings. The van der Waals surface area contributed by atoms with E-state index in [0.29, 0.717) is 0 Å². The highest BCUT2D eigenvalue weighted by atomic mass is 31.2. The molecular weight excluding hydrogens is 335 g/mol. The van der Waals surface area contributed by atoms with Crippen molar-refractivity contribution < 1.29 is 28.2 Å². The second kappa shape index (κ2) is 8.83. The largest absolute Gasteiger partial charge is 0.444 e. The van der Waals surface area contributed by atoms with Crippen molar-refractivity contribution in [3.8, 4) is 0 Å². The Kier molecular flexibility index (Phi) is 8.42. The highest BCUT2D eigenvalue weighted by molar-refractivity contribution is 7.58. The third kappa shape index (κ3) is 10.6. The number of ether oxygens (including phenoxy) is 2. The molecule has 0 rings (SSSR count). The second-order valence-electron chi connectivity index (χ2n) is 7.48. The standard InChI is InChI=1S/C15H31N2O6P/c1-14(2,3)22-11-24(20,21-8)10-16-12(18)9-17(7)13(19)23-15(4,5)6/h9-11H2,1-8H3,(H,16,18). The Morgan fingerprint density at radius 3 is 2.04 bits per heavy atom. The molecule has 24 heavy (non-hydrogen) atoms. The number of nitrogens with zero attached hydrogens (tertiary/aromatic N) is 1. The Bertz CT molecular complexity index is 481. The van der Waals surface area contributed by atoms with Gasteiger partial charge >= 0.3 is 6.09 Å². The summed E-state index contributed by atoms with van der Waals surface area (Å²) in [6.45, 7) is 10.5. The van der Waals surface area contributed by atoms with Crippen LogP contribution in [0.15, 0.2) is 0 Å². The molecular formula is C15H31N2O6P. The molecule has 0 heterocycles. The minimum atomic E-state index is -3.14. The van der Waals surface area contributed by atoms with Gasteiger partial charge in [-0.3, -0.25) is 9.36 Å². The predicted octanol–water partition coefficient (Wildman–Crippen LogP) is 2.62. The van der Waals surface area contributed by atoms with Crippen molar-refractivity contribution in [1.82, 2.24) is 10.2 Å². The van der Waals surface area contributed by atoms with E-state index < -0.39 is 30.6 Å². The topological polar surface area (TPSA) is 94.2 Å². The Morgan fingerprint density at radius 1 is 1.08 bits per heavy atom. The lowest BCUT2D eigenvalue weighted by Crippen LogP contribution is -2.41. The number of carbonyl (C=O) groups excluding carboxylic acids is 2. The summed E-state index contributed by atoms with van der Waals surface area (Å²) in [5.74, 6) is -0.462. The van der Waals surface area contributed by atoms with Crippen LogP contribution in [0.5, 0.6) is 0 Å². The van der Waals surface area contributed by atoms with Gasteiger partial charge in [-0.05, 0) is 41.5 Å². The number of hydrogen-bond acceptors (Lipinski definition) is 6. The van der Waals surface area contributed by atoms with E-state index in [4.69, 9.17) is 14.0 Å². The molecule has 1 N–H and O–H groups in total. The van der Waals surface area contributed by atoms with Crippen LogP contribution < -0.4 is 5.32 Å². The maximum atomic E-state index is 12.5. The summed E-state index contributed by atoms with van der Waals surface area (Å²) >= 11 is 0. The molecule has 0 spiro atoms. The molecule has 142 valence electrons. The van der Waals surface area contributed by atoms with Gasteiger partial charge in [0.15, 0.2) is 0 Å². The third-order valence-electron chi connectivity index (χ3n) is 2.63. The number of amides is 2. The quantitative estimate of drug-likeness (QED) is 0.696. The first-order chi connectivity index (χ1) is 10.7. The van der Waals surface area contributed by atoms with Crippen molar-refractivity contribution in [3.63, 3.8) is 0 Å². The van der Waals surface area contributed by atoms with Crippen molar-refractivity contribution >= 4 is 19.4 Å². The maximum Gasteiger partial charge on any atom is 0.410 e. The van der Waals surface area contributed by atoms with Crippen LogP contribution in [-0.4, -0.2) is 61.4 Å². The van der Waals surface area contributed by atoms with Crippen LogP contribution in [0, 0.1) is 0 Å². The lowest BCUT2D eigenvalue weighted by atomic mass is 10.2. The minimum Gasteiger partial charge on any atom is -0.444 e. The Labute approximate surface area is 144 Å². The van der Waals surface area contributed by atoms with Crippen LogP contribution in [0.2, 0.25) is 0 Å². The molecule has 1 atom stereocenters. The van der Waals surface area contributed by atoms with Crippen molar-refractivity contribution in [3.05, 3.63) is 0 Å². The predicted molar refractivity (Wildman–Crippen MR) is 92.2 cm³/mol. The zero-order chi connectivity index (χ0) is 19.2. The van der Waals surface area contributed by atoms with Gasteiger partial charge in [0.2, 0.25) is 13.3 Å². The maximum absolute atomic E-state index is 12.5. The van der Waals surface area contributed by atoms with Gasteiger partial charge < -0.3 is 24.2 Å². The third-order valence-corrected chi connectivity index (χ3v) is 4.46. The number of carbonyl (C=O) groups is 2. The Hall–Kier alpha value is -1.11. The van der Waals surface area contributed by atoms with Gasteiger partial charge in [0.05, 0.1) is 11.9 Å². The van der Waals surface area contributed by atoms with E-state index in [1.807, 2.05) is 20.8 Å². The average molecular weight is 366 g/mol. The molecule has 2 amide bonds. The fraction of sp³-hybridized carbons (Fsp3) is 0.867. The summed E-state index contributed by atoms with van der Waals surface area (Å²) in [6, 6.07) is 0. The average Bonchev–Trinajstić information content (AvgIpc) is 2.40. The van der Waals surface area contributed by atoms with E-state index in [-0.39, 0.29) is 19.2 Å². The van der Waals surface area contributed by atoms with E-state index in [9.17, 15) is 14.2 Å². The minimum absolute atomic E-state index is 0.102. The van der Waals surface area contributed by atoms with Crippen molar-refractivity contribution in [2.75, 3.05) is 33.3 Å². The summed E-state index contributed by atoms with van der Waals surface area (Å²) in [7, 11) is -0.378. The van der Waals surface area contributed by atoms with E-state index in [1.165, 1.54) is 14.2 Å². The lowest BCUT2D eigenvalue weighted by Gasteiger charge is -2.25. The van der Waals surface area contributed by atoms with E-state index in [2.05, 4.69) is 5.32 Å². The van der Waals surface area contributed by atoms with Crippen LogP contribution in [-0.2, 0) is 23.4 Å². The van der Waals surface area contributed by atoms with Gasteiger partial charge in [-0.1, -0.05) is 0 Å². The van der Waals surface area contributed by atoms with Gasteiger partial charge in [-0.25, -0.2) is 4.79 Å². The van der Waals surface area contributed by atoms with Gasteiger partial charge in [0, 0.05) is 14.2 Å². The monoisotopic (exact) mass is 366 g/mol. The molecule has 9 heteroatoms. The second-order valence-corrected chi connectivity index (χ2v) is 10.0. The number of rotatable bonds is 7. The van der Waals surface area contributed by atoms with Gasteiger partial charge in [0.25, 0.3) is 0 Å². The zero-order valence-electron chi connectivity index (χ0n) is 16.0. The molecule has 0 radical (unpaired) electrons. The molecule has 0 fully saturated rings. The SMILES string of the molecule is COP(=O)(CNC(=O)CN(C)C(=O)OC(C)(C)C)COC(C)(C)C. The zero-order valence-corrected chi connectivity index (χ0v) is 16.9. The molecule has 1 unspecified atom stereocenters. The summed E-state index contributed by atoms with van der Waals surface area (Å²) in [5, 5.41) is 2.50. The normalized spacial score (nSPS) is 14.7. The van der Waals surface area contributed by atoms with Crippen molar-refractivity contribution in [2.45, 2.75) is 52.7 Å². The summed E-state index contributed by atoms with van der Waals surface area (Å²) < 4.78 is 28.1. The van der Waals surface area contributed by atoms with Crippen LogP contribution >= 0.6 is 7.37 Å². The number of likely N-dealkylation sites (N-methyl/N-ethyl adjacent to an activating group) is 1. The van der Waals surface area contributed by atoms with Crippen LogP contribution in [0.3, 0.4) is 0 Å². The Balaban J connectivity index is 4.45. The smallest absolute Gasteiger partial charge is 0.410 e.